The van der Waals surface area contributed by atoms with Crippen molar-refractivity contribution in [2.24, 2.45) is 22.2 Å². The Morgan fingerprint density at radius 1 is 0.725 bits per heavy atom. The van der Waals surface area contributed by atoms with E-state index in [-0.39, 0.29) is 54.0 Å². The highest BCUT2D eigenvalue weighted by Crippen LogP contribution is 2.66. The lowest BCUT2D eigenvalue weighted by atomic mass is 9.70. The minimum Gasteiger partial charge on any atom is -0.461 e. The van der Waals surface area contributed by atoms with Crippen LogP contribution < -0.4 is 0 Å². The van der Waals surface area contributed by atoms with E-state index in [0.29, 0.717) is 23.3 Å². The first-order valence-corrected chi connectivity index (χ1v) is 13.7. The maximum Gasteiger partial charge on any atom is 0.333 e. The number of ether oxygens (including phenoxy) is 4. The molecular weight excluding hydrogens is 512 g/mol. The minimum atomic E-state index is -0.860. The molecule has 0 aromatic carbocycles. The maximum absolute atomic E-state index is 11.6. The number of hydrogen-bond donors (Lipinski definition) is 0. The van der Waals surface area contributed by atoms with E-state index in [2.05, 4.69) is 47.1 Å². The van der Waals surface area contributed by atoms with Gasteiger partial charge in [0.15, 0.2) is 0 Å². The van der Waals surface area contributed by atoms with Crippen LogP contribution in [-0.2, 0) is 38.1 Å². The Labute approximate surface area is 239 Å². The van der Waals surface area contributed by atoms with Gasteiger partial charge in [-0.3, -0.25) is 0 Å². The standard InChI is InChI=1S/C18H26O6.C14H22O2/c1-8-18(9-22-15(19)12(2)3,10-23-16(20)13(4)5)11-24-17(21)14(6)7;1-9(2)12(15)16-11-8-10-6-7-14(11,5)13(10,3)4/h2,4,6,8-11H2,1,3,5,7H3;10-11H,1,6-8H2,2-5H3. The van der Waals surface area contributed by atoms with Gasteiger partial charge in [-0.25, -0.2) is 19.2 Å². The van der Waals surface area contributed by atoms with Gasteiger partial charge in [0.25, 0.3) is 0 Å². The molecule has 0 saturated heterocycles. The van der Waals surface area contributed by atoms with E-state index in [1.807, 2.05) is 6.92 Å². The predicted octanol–water partition coefficient (Wildman–Crippen LogP) is 6.06. The van der Waals surface area contributed by atoms with E-state index in [1.165, 1.54) is 33.6 Å². The Kier molecular flexibility index (Phi) is 12.2. The second-order valence-corrected chi connectivity index (χ2v) is 12.2. The molecule has 2 aliphatic rings. The molecule has 2 aliphatic carbocycles. The quantitative estimate of drug-likeness (QED) is 0.161. The predicted molar refractivity (Wildman–Crippen MR) is 154 cm³/mol. The molecule has 0 N–H and O–H groups in total. The Balaban J connectivity index is 0.000000429. The number of esters is 4. The van der Waals surface area contributed by atoms with Crippen LogP contribution in [0.1, 0.15) is 81.1 Å². The first kappa shape index (κ1) is 34.9. The third kappa shape index (κ3) is 8.42. The van der Waals surface area contributed by atoms with Gasteiger partial charge in [-0.15, -0.1) is 0 Å². The van der Waals surface area contributed by atoms with Gasteiger partial charge in [0.2, 0.25) is 0 Å². The van der Waals surface area contributed by atoms with Crippen molar-refractivity contribution in [1.82, 2.24) is 0 Å². The average Bonchev–Trinajstić information content (AvgIpc) is 3.21. The normalized spacial score (nSPS) is 22.2. The molecular formula is C32H48O8. The monoisotopic (exact) mass is 560 g/mol. The van der Waals surface area contributed by atoms with Crippen molar-refractivity contribution in [3.63, 3.8) is 0 Å². The molecule has 3 atom stereocenters. The van der Waals surface area contributed by atoms with Crippen LogP contribution in [0.4, 0.5) is 0 Å². The minimum absolute atomic E-state index is 0.0812. The van der Waals surface area contributed by atoms with Gasteiger partial charge in [-0.2, -0.15) is 0 Å². The Morgan fingerprint density at radius 3 is 1.35 bits per heavy atom. The van der Waals surface area contributed by atoms with E-state index in [0.717, 1.165) is 6.42 Å². The molecule has 0 heterocycles. The molecule has 0 aromatic heterocycles. The molecule has 0 spiro atoms. The molecule has 2 fully saturated rings. The average molecular weight is 561 g/mol. The molecule has 2 saturated carbocycles. The molecule has 3 unspecified atom stereocenters. The third-order valence-corrected chi connectivity index (χ3v) is 8.64. The Hall–Kier alpha value is -3.16. The smallest absolute Gasteiger partial charge is 0.333 e. The van der Waals surface area contributed by atoms with Gasteiger partial charge in [0.05, 0.1) is 5.41 Å². The Bertz CT molecular complexity index is 975. The van der Waals surface area contributed by atoms with Crippen molar-refractivity contribution in [3.05, 3.63) is 48.6 Å². The molecule has 2 rings (SSSR count). The van der Waals surface area contributed by atoms with Gasteiger partial charge >= 0.3 is 23.9 Å². The zero-order valence-electron chi connectivity index (χ0n) is 25.7. The summed E-state index contributed by atoms with van der Waals surface area (Å²) in [5.74, 6) is -1.21. The summed E-state index contributed by atoms with van der Waals surface area (Å²) >= 11 is 0. The zero-order valence-corrected chi connectivity index (χ0v) is 25.7. The van der Waals surface area contributed by atoms with Gasteiger partial charge in [0.1, 0.15) is 25.9 Å². The summed E-state index contributed by atoms with van der Waals surface area (Å²) in [4.78, 5) is 46.5. The summed E-state index contributed by atoms with van der Waals surface area (Å²) in [6, 6.07) is 0. The van der Waals surface area contributed by atoms with Crippen molar-refractivity contribution in [2.75, 3.05) is 19.8 Å². The summed E-state index contributed by atoms with van der Waals surface area (Å²) in [6.07, 6.45) is 4.03. The number of carbonyl (C=O) groups excluding carboxylic acids is 4. The highest BCUT2D eigenvalue weighted by Gasteiger charge is 2.62. The van der Waals surface area contributed by atoms with Crippen LogP contribution in [0.25, 0.3) is 0 Å². The molecule has 40 heavy (non-hydrogen) atoms. The van der Waals surface area contributed by atoms with Crippen molar-refractivity contribution in [2.45, 2.75) is 87.2 Å². The largest absolute Gasteiger partial charge is 0.461 e. The zero-order chi connectivity index (χ0) is 31.1. The molecule has 0 radical (unpaired) electrons. The van der Waals surface area contributed by atoms with Crippen LogP contribution in [0, 0.1) is 22.2 Å². The van der Waals surface area contributed by atoms with E-state index >= 15 is 0 Å². The highest BCUT2D eigenvalue weighted by molar-refractivity contribution is 5.88. The summed E-state index contributed by atoms with van der Waals surface area (Å²) in [5.41, 5.74) is 0.842. The SMILES string of the molecule is C=C(C)C(=O)OC1CC2CCC1(C)C2(C)C.C=C(C)C(=O)OCC(CC)(COC(=O)C(=C)C)COC(=O)C(=C)C. The number of rotatable bonds is 12. The van der Waals surface area contributed by atoms with Crippen molar-refractivity contribution >= 4 is 23.9 Å². The van der Waals surface area contributed by atoms with Gasteiger partial charge in [-0.1, -0.05) is 54.0 Å². The summed E-state index contributed by atoms with van der Waals surface area (Å²) in [7, 11) is 0. The third-order valence-electron chi connectivity index (χ3n) is 8.64. The maximum atomic E-state index is 11.6. The Morgan fingerprint density at radius 2 is 1.10 bits per heavy atom. The molecule has 224 valence electrons. The van der Waals surface area contributed by atoms with Crippen LogP contribution in [0.3, 0.4) is 0 Å². The van der Waals surface area contributed by atoms with Crippen LogP contribution in [-0.4, -0.2) is 49.8 Å². The summed E-state index contributed by atoms with van der Waals surface area (Å²) in [6.45, 7) is 28.9. The molecule has 8 nitrogen and oxygen atoms in total. The first-order chi connectivity index (χ1) is 18.3. The summed E-state index contributed by atoms with van der Waals surface area (Å²) in [5, 5.41) is 0. The number of carbonyl (C=O) groups is 4. The fourth-order valence-corrected chi connectivity index (χ4v) is 4.99. The molecule has 0 aliphatic heterocycles. The van der Waals surface area contributed by atoms with Gasteiger partial charge < -0.3 is 18.9 Å². The lowest BCUT2D eigenvalue weighted by Gasteiger charge is -2.38. The van der Waals surface area contributed by atoms with Crippen LogP contribution in [0.15, 0.2) is 48.6 Å². The highest BCUT2D eigenvalue weighted by atomic mass is 16.6. The lowest BCUT2D eigenvalue weighted by Crippen LogP contribution is -2.39. The van der Waals surface area contributed by atoms with E-state index in [4.69, 9.17) is 18.9 Å². The molecule has 0 aromatic rings. The molecule has 2 bridgehead atoms. The van der Waals surface area contributed by atoms with Crippen molar-refractivity contribution in [1.29, 1.82) is 0 Å². The molecule has 8 heteroatoms. The fourth-order valence-electron chi connectivity index (χ4n) is 4.99. The van der Waals surface area contributed by atoms with Crippen LogP contribution in [0.2, 0.25) is 0 Å². The second-order valence-electron chi connectivity index (χ2n) is 12.2. The molecule has 0 amide bonds. The van der Waals surface area contributed by atoms with E-state index in [9.17, 15) is 19.2 Å². The fraction of sp³-hybridized carbons (Fsp3) is 0.625. The number of fused-ring (bicyclic) bond motifs is 2. The van der Waals surface area contributed by atoms with Gasteiger partial charge in [-0.05, 0) is 64.7 Å². The second kappa shape index (κ2) is 14.0. The lowest BCUT2D eigenvalue weighted by molar-refractivity contribution is -0.157. The van der Waals surface area contributed by atoms with Crippen LogP contribution in [0.5, 0.6) is 0 Å². The number of hydrogen-bond acceptors (Lipinski definition) is 8. The van der Waals surface area contributed by atoms with E-state index < -0.39 is 23.3 Å². The summed E-state index contributed by atoms with van der Waals surface area (Å²) < 4.78 is 21.1. The van der Waals surface area contributed by atoms with Crippen molar-refractivity contribution < 1.29 is 38.1 Å². The first-order valence-electron chi connectivity index (χ1n) is 13.7. The van der Waals surface area contributed by atoms with Crippen LogP contribution >= 0.6 is 0 Å². The topological polar surface area (TPSA) is 105 Å². The van der Waals surface area contributed by atoms with Gasteiger partial charge in [0, 0.05) is 27.7 Å². The van der Waals surface area contributed by atoms with E-state index in [1.54, 1.807) is 6.92 Å². The van der Waals surface area contributed by atoms with Crippen molar-refractivity contribution in [3.8, 4) is 0 Å².